The number of rotatable bonds is 7. The Morgan fingerprint density at radius 1 is 0.812 bits per heavy atom. The van der Waals surface area contributed by atoms with Gasteiger partial charge < -0.3 is 25.7 Å². The predicted octanol–water partition coefficient (Wildman–Crippen LogP) is -0.961. The number of ether oxygens (including phenoxy) is 1. The number of carboxylic acid groups (broad SMARTS) is 1. The number of alkyl halides is 2. The van der Waals surface area contributed by atoms with Crippen LogP contribution >= 0.6 is 23.2 Å². The van der Waals surface area contributed by atoms with E-state index in [0.29, 0.717) is 28.9 Å². The second-order valence-corrected chi connectivity index (χ2v) is 9.90. The van der Waals surface area contributed by atoms with E-state index in [0.717, 1.165) is 20.2 Å². The van der Waals surface area contributed by atoms with Crippen LogP contribution in [0.15, 0.2) is 73.6 Å². The minimum atomic E-state index is -1.00. The number of ketones is 1. The molecule has 20 heteroatoms. The zero-order valence-electron chi connectivity index (χ0n) is 26.2. The van der Waals surface area contributed by atoms with Gasteiger partial charge in [-0.25, -0.2) is 14.5 Å². The van der Waals surface area contributed by atoms with E-state index >= 15 is 0 Å². The number of hydrogen-bond acceptors (Lipinski definition) is 11. The predicted molar refractivity (Wildman–Crippen MR) is 165 cm³/mol. The summed E-state index contributed by atoms with van der Waals surface area (Å²) in [6.07, 6.45) is 9.40. The number of hydrogen-bond donors (Lipinski definition) is 3. The Kier molecular flexibility index (Phi) is 17.6. The van der Waals surface area contributed by atoms with Crippen LogP contribution in [0.5, 0.6) is 0 Å². The molecule has 6 rings (SSSR count). The van der Waals surface area contributed by atoms with Crippen LogP contribution in [0, 0.1) is 0 Å². The largest absolute Gasteiger partial charge is 1.00 e. The second kappa shape index (κ2) is 20.4. The number of pyridine rings is 3. The molecule has 0 aliphatic rings. The van der Waals surface area contributed by atoms with Crippen LogP contribution in [-0.2, 0) is 38.8 Å². The van der Waals surface area contributed by atoms with E-state index in [1.807, 2.05) is 18.2 Å². The van der Waals surface area contributed by atoms with Crippen LogP contribution in [0.3, 0.4) is 0 Å². The van der Waals surface area contributed by atoms with E-state index in [-0.39, 0.29) is 61.1 Å². The number of nitrogens with zero attached hydrogens (tertiary/aromatic N) is 9. The third-order valence-electron chi connectivity index (χ3n) is 5.76. The molecule has 0 aromatic carbocycles. The zero-order valence-corrected chi connectivity index (χ0v) is 27.7. The fourth-order valence-electron chi connectivity index (χ4n) is 4.05. The van der Waals surface area contributed by atoms with Crippen molar-refractivity contribution in [3.05, 3.63) is 73.6 Å². The first kappa shape index (κ1) is 41.2. The van der Waals surface area contributed by atoms with Crippen molar-refractivity contribution in [1.82, 2.24) is 34.3 Å². The molecule has 6 aromatic rings. The van der Waals surface area contributed by atoms with Gasteiger partial charge in [-0.2, -0.15) is 5.10 Å². The van der Waals surface area contributed by atoms with Crippen LogP contribution < -0.4 is 28.3 Å². The van der Waals surface area contributed by atoms with E-state index in [1.54, 1.807) is 43.7 Å². The van der Waals surface area contributed by atoms with Crippen molar-refractivity contribution in [2.75, 3.05) is 11.9 Å². The number of aromatic nitrogens is 9. The van der Waals surface area contributed by atoms with Crippen LogP contribution in [0.1, 0.15) is 13.8 Å². The van der Waals surface area contributed by atoms with Crippen molar-refractivity contribution >= 4 is 74.0 Å². The summed E-state index contributed by atoms with van der Waals surface area (Å²) in [6, 6.07) is 10.7. The average molecular weight is 700 g/mol. The van der Waals surface area contributed by atoms with E-state index in [4.69, 9.17) is 33.0 Å². The molecular formula is C28H32Cl2LiN9O8+2. The van der Waals surface area contributed by atoms with E-state index in [1.165, 1.54) is 39.6 Å². The van der Waals surface area contributed by atoms with Crippen molar-refractivity contribution in [2.24, 2.45) is 0 Å². The molecule has 6 heterocycles. The number of carboxylic acids is 1. The van der Waals surface area contributed by atoms with E-state index in [2.05, 4.69) is 20.3 Å². The molecule has 6 aromatic heterocycles. The zero-order chi connectivity index (χ0) is 33.6. The number of carbonyl (C=O) groups excluding carboxylic acids is 2. The minimum Gasteiger partial charge on any atom is -0.870 e. The van der Waals surface area contributed by atoms with Gasteiger partial charge in [-0.1, -0.05) is 10.2 Å². The Morgan fingerprint density at radius 3 is 1.79 bits per heavy atom. The van der Waals surface area contributed by atoms with Crippen LogP contribution in [-0.4, -0.2) is 85.0 Å². The number of Topliss-reactive ketones (excluding diaryl/α,β-unsaturated/α-hetero) is 1. The summed E-state index contributed by atoms with van der Waals surface area (Å²) in [5, 5.41) is 42.0. The molecule has 48 heavy (non-hydrogen) atoms. The number of carbonyl (C=O) groups is 3. The molecule has 0 spiro atoms. The molecule has 0 amide bonds. The summed E-state index contributed by atoms with van der Waals surface area (Å²) in [5.41, 5.74) is 1.60. The number of fused-ring (bicyclic) bond motifs is 3. The summed E-state index contributed by atoms with van der Waals surface area (Å²) in [4.78, 5) is 36.8. The van der Waals surface area contributed by atoms with Gasteiger partial charge in [0.25, 0.3) is 0 Å². The quantitative estimate of drug-likeness (QED) is 0.0602. The smallest absolute Gasteiger partial charge is 0.870 e. The second-order valence-electron chi connectivity index (χ2n) is 9.09. The Morgan fingerprint density at radius 2 is 1.29 bits per heavy atom. The molecule has 0 unspecified atom stereocenters. The molecule has 0 aliphatic heterocycles. The van der Waals surface area contributed by atoms with Crippen LogP contribution in [0.25, 0.3) is 33.1 Å². The van der Waals surface area contributed by atoms with Gasteiger partial charge in [-0.15, -0.1) is 32.6 Å². The molecule has 0 atom stereocenters. The topological polar surface area (TPSA) is 225 Å². The summed E-state index contributed by atoms with van der Waals surface area (Å²) >= 11 is 9.53. The van der Waals surface area contributed by atoms with Gasteiger partial charge >= 0.3 is 42.1 Å². The van der Waals surface area contributed by atoms with E-state index in [9.17, 15) is 24.8 Å². The van der Waals surface area contributed by atoms with Crippen molar-refractivity contribution in [3.8, 4) is 0 Å². The fourth-order valence-corrected chi connectivity index (χ4v) is 4.05. The van der Waals surface area contributed by atoms with E-state index < -0.39 is 5.97 Å². The Balaban J connectivity index is 0.000000339. The molecular weight excluding hydrogens is 668 g/mol. The molecule has 0 aliphatic carbocycles. The van der Waals surface area contributed by atoms with Gasteiger partial charge in [0.05, 0.1) is 41.3 Å². The first-order valence-corrected chi connectivity index (χ1v) is 14.5. The molecule has 0 saturated carbocycles. The normalized spacial score (nSPS) is 9.83. The summed E-state index contributed by atoms with van der Waals surface area (Å²) in [7, 11) is 0. The maximum Gasteiger partial charge on any atom is 1.00 e. The SMILES string of the molecule is CC(=O)Cn1ncc2ccc[n+](O)c21.CCOC(=O)Cn1ncc2cccnc21.ClCCl.O=C(O)Cn1ncc2ccc[n+](O)c21.[Li+].[OH-]. The van der Waals surface area contributed by atoms with Gasteiger partial charge in [-0.05, 0) is 59.7 Å². The average Bonchev–Trinajstić information content (AvgIpc) is 3.73. The van der Waals surface area contributed by atoms with Gasteiger partial charge in [0.2, 0.25) is 6.54 Å². The van der Waals surface area contributed by atoms with Crippen molar-refractivity contribution in [2.45, 2.75) is 33.5 Å². The maximum atomic E-state index is 11.2. The van der Waals surface area contributed by atoms with Gasteiger partial charge in [0.15, 0.2) is 18.0 Å². The van der Waals surface area contributed by atoms with Crippen molar-refractivity contribution < 1.29 is 68.4 Å². The Bertz CT molecular complexity index is 1840. The van der Waals surface area contributed by atoms with Crippen molar-refractivity contribution in [1.29, 1.82) is 0 Å². The van der Waals surface area contributed by atoms with Crippen LogP contribution in [0.2, 0.25) is 0 Å². The molecule has 17 nitrogen and oxygen atoms in total. The minimum absolute atomic E-state index is 0. The van der Waals surface area contributed by atoms with Gasteiger partial charge in [0, 0.05) is 11.6 Å². The van der Waals surface area contributed by atoms with Crippen LogP contribution in [0.4, 0.5) is 0 Å². The van der Waals surface area contributed by atoms with Crippen molar-refractivity contribution in [3.63, 3.8) is 0 Å². The Labute approximate surface area is 294 Å². The standard InChI is InChI=1S/C10H11N3O2.C9H10N3O2.C8H7N3O3.CH2Cl2.Li.H2O/c1-2-15-9(14)7-13-10-8(6-12-13)4-3-5-11-10;1-7(13)6-11-9-8(5-10-11)3-2-4-12(9)14;12-7(13)5-10-8-6(4-9-10)2-1-3-11(8)14;2-1-3;;/h3-6H,2,7H2,1H3;2-5,14H,6H2,1H3;1-4H,5H2,(H-,12,13,14);1H2;;1H2/q;+1;;;+1;. The summed E-state index contributed by atoms with van der Waals surface area (Å²) in [6.45, 7) is 3.65. The number of halogens is 2. The number of aliphatic carboxylic acids is 1. The molecule has 250 valence electrons. The molecule has 0 bridgehead atoms. The fraction of sp³-hybridized carbons (Fsp3) is 0.250. The third kappa shape index (κ3) is 11.5. The molecule has 4 N–H and O–H groups in total. The molecule has 0 radical (unpaired) electrons. The first-order valence-electron chi connectivity index (χ1n) is 13.5. The molecule has 0 saturated heterocycles. The van der Waals surface area contributed by atoms with Gasteiger partial charge in [-0.3, -0.25) is 9.59 Å². The summed E-state index contributed by atoms with van der Waals surface area (Å²) < 4.78 is 10.9. The first-order chi connectivity index (χ1) is 22.1. The van der Waals surface area contributed by atoms with Gasteiger partial charge in [0.1, 0.15) is 18.9 Å². The summed E-state index contributed by atoms with van der Waals surface area (Å²) in [5.74, 6) is -1.30. The maximum absolute atomic E-state index is 11.2. The third-order valence-corrected chi connectivity index (χ3v) is 5.76. The monoisotopic (exact) mass is 699 g/mol. The Hall–Kier alpha value is -4.79. The molecule has 0 fully saturated rings. The number of esters is 1.